The lowest BCUT2D eigenvalue weighted by Gasteiger charge is -2.20. The van der Waals surface area contributed by atoms with Crippen LogP contribution in [0.2, 0.25) is 0 Å². The molecule has 0 unspecified atom stereocenters. The molecule has 2 atom stereocenters. The molecule has 1 aromatic carbocycles. The quantitative estimate of drug-likeness (QED) is 0.786. The molecule has 0 heterocycles. The van der Waals surface area contributed by atoms with Crippen molar-refractivity contribution < 1.29 is 9.53 Å². The van der Waals surface area contributed by atoms with E-state index < -0.39 is 0 Å². The van der Waals surface area contributed by atoms with Gasteiger partial charge in [-0.2, -0.15) is 0 Å². The van der Waals surface area contributed by atoms with E-state index in [1.807, 2.05) is 31.2 Å². The molecule has 0 fully saturated rings. The summed E-state index contributed by atoms with van der Waals surface area (Å²) in [4.78, 5) is 10.8. The summed E-state index contributed by atoms with van der Waals surface area (Å²) < 4.78 is 6.20. The minimum atomic E-state index is -0.232. The van der Waals surface area contributed by atoms with Crippen LogP contribution in [0.15, 0.2) is 28.7 Å². The van der Waals surface area contributed by atoms with Gasteiger partial charge in [0, 0.05) is 17.3 Å². The van der Waals surface area contributed by atoms with Gasteiger partial charge in [0.2, 0.25) is 0 Å². The summed E-state index contributed by atoms with van der Waals surface area (Å²) in [5.74, 6) is -0.0317. The molecule has 0 aliphatic heterocycles. The molecular formula is C12H15BrO2. The van der Waals surface area contributed by atoms with Crippen molar-refractivity contribution in [2.45, 2.75) is 32.8 Å². The number of esters is 1. The summed E-state index contributed by atoms with van der Waals surface area (Å²) >= 11 is 3.42. The lowest BCUT2D eigenvalue weighted by molar-refractivity contribution is -0.146. The second-order valence-electron chi connectivity index (χ2n) is 3.66. The van der Waals surface area contributed by atoms with Gasteiger partial charge in [0.25, 0.3) is 0 Å². The molecule has 1 aromatic rings. The van der Waals surface area contributed by atoms with Crippen LogP contribution in [0.4, 0.5) is 0 Å². The van der Waals surface area contributed by atoms with Gasteiger partial charge < -0.3 is 4.74 Å². The van der Waals surface area contributed by atoms with E-state index in [0.717, 1.165) is 10.0 Å². The third-order valence-corrected chi connectivity index (χ3v) is 2.92. The number of carbonyl (C=O) groups excluding carboxylic acids is 1. The van der Waals surface area contributed by atoms with Crippen LogP contribution in [-0.2, 0) is 9.53 Å². The fourth-order valence-corrected chi connectivity index (χ4v) is 1.84. The van der Waals surface area contributed by atoms with Gasteiger partial charge >= 0.3 is 5.97 Å². The molecule has 0 spiro atoms. The summed E-state index contributed by atoms with van der Waals surface area (Å²) in [5.41, 5.74) is 1.16. The number of halogens is 1. The maximum absolute atomic E-state index is 10.8. The van der Waals surface area contributed by atoms with Crippen molar-refractivity contribution in [3.63, 3.8) is 0 Å². The highest BCUT2D eigenvalue weighted by molar-refractivity contribution is 9.10. The van der Waals surface area contributed by atoms with E-state index in [4.69, 9.17) is 4.74 Å². The monoisotopic (exact) mass is 270 g/mol. The van der Waals surface area contributed by atoms with Crippen molar-refractivity contribution in [3.8, 4) is 0 Å². The maximum atomic E-state index is 10.8. The Kier molecular flexibility index (Phi) is 4.33. The molecule has 2 nitrogen and oxygen atoms in total. The fourth-order valence-electron chi connectivity index (χ4n) is 1.42. The standard InChI is InChI=1S/C12H15BrO2/c1-8(9(2)15-10(3)14)11-5-4-6-12(13)7-11/h4-9H,1-3H3/t8-,9-/m0/s1. The topological polar surface area (TPSA) is 26.3 Å². The first kappa shape index (κ1) is 12.2. The predicted octanol–water partition coefficient (Wildman–Crippen LogP) is 3.50. The third kappa shape index (κ3) is 3.67. The Morgan fingerprint density at radius 2 is 2.07 bits per heavy atom. The highest BCUT2D eigenvalue weighted by Crippen LogP contribution is 2.24. The SMILES string of the molecule is CC(=O)O[C@@H](C)[C@H](C)c1cccc(Br)c1. The summed E-state index contributed by atoms with van der Waals surface area (Å²) in [5, 5.41) is 0. The second-order valence-corrected chi connectivity index (χ2v) is 4.57. The van der Waals surface area contributed by atoms with Crippen molar-refractivity contribution in [1.82, 2.24) is 0 Å². The Hall–Kier alpha value is -0.830. The largest absolute Gasteiger partial charge is 0.462 e. The average molecular weight is 271 g/mol. The third-order valence-electron chi connectivity index (χ3n) is 2.43. The molecule has 0 aliphatic rings. The normalized spacial score (nSPS) is 14.4. The summed E-state index contributed by atoms with van der Waals surface area (Å²) in [6.45, 7) is 5.40. The molecule has 0 bridgehead atoms. The van der Waals surface area contributed by atoms with Crippen LogP contribution in [-0.4, -0.2) is 12.1 Å². The lowest BCUT2D eigenvalue weighted by Crippen LogP contribution is -2.19. The van der Waals surface area contributed by atoms with Crippen molar-refractivity contribution in [2.24, 2.45) is 0 Å². The van der Waals surface area contributed by atoms with Crippen molar-refractivity contribution >= 4 is 21.9 Å². The Balaban J connectivity index is 2.75. The van der Waals surface area contributed by atoms with Gasteiger partial charge in [0.05, 0.1) is 0 Å². The van der Waals surface area contributed by atoms with Crippen molar-refractivity contribution in [3.05, 3.63) is 34.3 Å². The van der Waals surface area contributed by atoms with Crippen molar-refractivity contribution in [1.29, 1.82) is 0 Å². The Morgan fingerprint density at radius 3 is 2.60 bits per heavy atom. The molecule has 3 heteroatoms. The maximum Gasteiger partial charge on any atom is 0.302 e. The van der Waals surface area contributed by atoms with Crippen molar-refractivity contribution in [2.75, 3.05) is 0 Å². The van der Waals surface area contributed by atoms with Gasteiger partial charge in [-0.1, -0.05) is 35.0 Å². The first-order chi connectivity index (χ1) is 7.00. The molecule has 0 aliphatic carbocycles. The van der Waals surface area contributed by atoms with Crippen LogP contribution in [0.3, 0.4) is 0 Å². The van der Waals surface area contributed by atoms with Crippen LogP contribution < -0.4 is 0 Å². The summed E-state index contributed by atoms with van der Waals surface area (Å²) in [6, 6.07) is 8.04. The lowest BCUT2D eigenvalue weighted by atomic mass is 9.96. The number of hydrogen-bond donors (Lipinski definition) is 0. The van der Waals surface area contributed by atoms with Crippen LogP contribution >= 0.6 is 15.9 Å². The number of hydrogen-bond acceptors (Lipinski definition) is 2. The first-order valence-corrected chi connectivity index (χ1v) is 5.72. The van der Waals surface area contributed by atoms with E-state index in [0.29, 0.717) is 0 Å². The minimum Gasteiger partial charge on any atom is -0.462 e. The van der Waals surface area contributed by atoms with Gasteiger partial charge in [-0.3, -0.25) is 4.79 Å². The van der Waals surface area contributed by atoms with Crippen LogP contribution in [0.25, 0.3) is 0 Å². The number of rotatable bonds is 3. The predicted molar refractivity (Wildman–Crippen MR) is 63.8 cm³/mol. The minimum absolute atomic E-state index is 0.100. The van der Waals surface area contributed by atoms with Gasteiger partial charge in [-0.05, 0) is 24.6 Å². The van der Waals surface area contributed by atoms with E-state index in [9.17, 15) is 4.79 Å². The van der Waals surface area contributed by atoms with Gasteiger partial charge in [0.1, 0.15) is 6.10 Å². The molecule has 0 aromatic heterocycles. The molecule has 0 amide bonds. The molecule has 0 N–H and O–H groups in total. The Morgan fingerprint density at radius 1 is 1.40 bits per heavy atom. The molecule has 15 heavy (non-hydrogen) atoms. The van der Waals surface area contributed by atoms with Crippen LogP contribution in [0, 0.1) is 0 Å². The zero-order valence-electron chi connectivity index (χ0n) is 9.16. The van der Waals surface area contributed by atoms with E-state index in [-0.39, 0.29) is 18.0 Å². The highest BCUT2D eigenvalue weighted by Gasteiger charge is 2.16. The molecule has 1 rings (SSSR count). The van der Waals surface area contributed by atoms with Gasteiger partial charge in [-0.15, -0.1) is 0 Å². The molecule has 0 saturated heterocycles. The van der Waals surface area contributed by atoms with E-state index in [2.05, 4.69) is 22.9 Å². The Labute approximate surface area is 98.8 Å². The van der Waals surface area contributed by atoms with Crippen LogP contribution in [0.5, 0.6) is 0 Å². The summed E-state index contributed by atoms with van der Waals surface area (Å²) in [6.07, 6.45) is -0.100. The number of ether oxygens (including phenoxy) is 1. The molecule has 82 valence electrons. The summed E-state index contributed by atoms with van der Waals surface area (Å²) in [7, 11) is 0. The zero-order chi connectivity index (χ0) is 11.4. The number of benzene rings is 1. The van der Waals surface area contributed by atoms with Gasteiger partial charge in [-0.25, -0.2) is 0 Å². The Bertz CT molecular complexity index is 349. The van der Waals surface area contributed by atoms with E-state index in [1.165, 1.54) is 6.92 Å². The molecule has 0 radical (unpaired) electrons. The number of carbonyl (C=O) groups is 1. The second kappa shape index (κ2) is 5.31. The fraction of sp³-hybridized carbons (Fsp3) is 0.417. The highest BCUT2D eigenvalue weighted by atomic mass is 79.9. The average Bonchev–Trinajstić information content (AvgIpc) is 2.15. The molecular weight excluding hydrogens is 256 g/mol. The molecule has 0 saturated carbocycles. The van der Waals surface area contributed by atoms with Gasteiger partial charge in [0.15, 0.2) is 0 Å². The van der Waals surface area contributed by atoms with E-state index >= 15 is 0 Å². The van der Waals surface area contributed by atoms with Crippen LogP contribution in [0.1, 0.15) is 32.3 Å². The smallest absolute Gasteiger partial charge is 0.302 e. The zero-order valence-corrected chi connectivity index (χ0v) is 10.7. The first-order valence-electron chi connectivity index (χ1n) is 4.93. The van der Waals surface area contributed by atoms with E-state index in [1.54, 1.807) is 0 Å².